The summed E-state index contributed by atoms with van der Waals surface area (Å²) in [5, 5.41) is 2.35. The molecule has 0 fully saturated rings. The number of ether oxygens (including phenoxy) is 2. The molecule has 0 spiro atoms. The predicted octanol–water partition coefficient (Wildman–Crippen LogP) is 3.12. The third-order valence-corrected chi connectivity index (χ3v) is 6.61. The molecule has 4 rings (SSSR count). The number of alkyl halides is 2. The lowest BCUT2D eigenvalue weighted by Gasteiger charge is -2.15. The van der Waals surface area contributed by atoms with Crippen LogP contribution in [-0.2, 0) is 30.8 Å². The molecular weight excluding hydrogens is 508 g/mol. The molecule has 0 saturated carbocycles. The Kier molecular flexibility index (Phi) is 7.77. The number of rotatable bonds is 9. The summed E-state index contributed by atoms with van der Waals surface area (Å²) in [6.07, 6.45) is 0.0692. The van der Waals surface area contributed by atoms with Crippen LogP contribution in [0.15, 0.2) is 88.8 Å². The Morgan fingerprint density at radius 3 is 2.38 bits per heavy atom. The Morgan fingerprint density at radius 2 is 1.62 bits per heavy atom. The summed E-state index contributed by atoms with van der Waals surface area (Å²) >= 11 is 0. The first kappa shape index (κ1) is 25.8. The number of hydrogen-bond acceptors (Lipinski definition) is 7. The van der Waals surface area contributed by atoms with Crippen LogP contribution in [0.4, 0.5) is 14.5 Å². The quantitative estimate of drug-likeness (QED) is 0.411. The smallest absolute Gasteiger partial charge is 0.387 e. The maximum absolute atomic E-state index is 13.0. The fraction of sp³-hybridized carbons (Fsp3) is 0.160. The first-order valence-electron chi connectivity index (χ1n) is 11.0. The van der Waals surface area contributed by atoms with E-state index in [0.29, 0.717) is 5.56 Å². The van der Waals surface area contributed by atoms with Gasteiger partial charge in [-0.15, -0.1) is 0 Å². The molecule has 1 heterocycles. The number of sulfonamides is 1. The second-order valence-electron chi connectivity index (χ2n) is 7.82. The average molecular weight is 530 g/mol. The van der Waals surface area contributed by atoms with E-state index in [2.05, 4.69) is 19.8 Å². The van der Waals surface area contributed by atoms with Gasteiger partial charge in [0.25, 0.3) is 15.9 Å². The van der Waals surface area contributed by atoms with E-state index in [9.17, 15) is 26.8 Å². The van der Waals surface area contributed by atoms with Gasteiger partial charge in [-0.05, 0) is 29.8 Å². The Balaban J connectivity index is 1.51. The van der Waals surface area contributed by atoms with Crippen molar-refractivity contribution < 1.29 is 36.3 Å². The van der Waals surface area contributed by atoms with Crippen LogP contribution in [0.2, 0.25) is 0 Å². The molecular formula is C25H21F2N3O6S. The number of carbonyl (C=O) groups is 2. The maximum Gasteiger partial charge on any atom is 0.387 e. The summed E-state index contributed by atoms with van der Waals surface area (Å²) in [4.78, 5) is 29.7. The van der Waals surface area contributed by atoms with Crippen LogP contribution >= 0.6 is 0 Å². The number of hydrogen-bond donors (Lipinski definition) is 2. The number of esters is 1. The SMILES string of the molecule is O=C(COC(=O)[C@H](Cc1ccccc1)N=C1NS(=O)(=O)c2ccccc21)Nc1ccccc1OC(F)F. The monoisotopic (exact) mass is 529 g/mol. The molecule has 1 atom stereocenters. The Hall–Kier alpha value is -4.32. The van der Waals surface area contributed by atoms with E-state index < -0.39 is 41.2 Å². The molecule has 0 radical (unpaired) electrons. The zero-order chi connectivity index (χ0) is 26.4. The van der Waals surface area contributed by atoms with Crippen molar-refractivity contribution in [1.82, 2.24) is 4.72 Å². The average Bonchev–Trinajstić information content (AvgIpc) is 3.13. The van der Waals surface area contributed by atoms with Gasteiger partial charge in [0.2, 0.25) is 0 Å². The van der Waals surface area contributed by atoms with Gasteiger partial charge in [0.15, 0.2) is 12.6 Å². The van der Waals surface area contributed by atoms with Crippen molar-refractivity contribution in [2.75, 3.05) is 11.9 Å². The number of aliphatic imine (C=N–C) groups is 1. The topological polar surface area (TPSA) is 123 Å². The Morgan fingerprint density at radius 1 is 0.946 bits per heavy atom. The van der Waals surface area contributed by atoms with Crippen molar-refractivity contribution in [3.05, 3.63) is 90.0 Å². The highest BCUT2D eigenvalue weighted by molar-refractivity contribution is 7.90. The summed E-state index contributed by atoms with van der Waals surface area (Å²) in [7, 11) is -3.83. The number of anilines is 1. The zero-order valence-corrected chi connectivity index (χ0v) is 20.0. The van der Waals surface area contributed by atoms with Gasteiger partial charge in [-0.1, -0.05) is 54.6 Å². The van der Waals surface area contributed by atoms with Crippen LogP contribution in [0.25, 0.3) is 0 Å². The molecule has 0 unspecified atom stereocenters. The van der Waals surface area contributed by atoms with Crippen molar-refractivity contribution in [2.24, 2.45) is 4.99 Å². The van der Waals surface area contributed by atoms with Crippen molar-refractivity contribution in [2.45, 2.75) is 24.0 Å². The van der Waals surface area contributed by atoms with Gasteiger partial charge in [-0.25, -0.2) is 13.2 Å². The molecule has 3 aromatic carbocycles. The first-order valence-corrected chi connectivity index (χ1v) is 12.5. The van der Waals surface area contributed by atoms with Gasteiger partial charge in [-0.3, -0.25) is 14.5 Å². The van der Waals surface area contributed by atoms with E-state index in [1.54, 1.807) is 48.5 Å². The van der Waals surface area contributed by atoms with E-state index in [1.165, 1.54) is 30.3 Å². The predicted molar refractivity (Wildman–Crippen MR) is 130 cm³/mol. The summed E-state index contributed by atoms with van der Waals surface area (Å²) in [5.41, 5.74) is 1.01. The van der Waals surface area contributed by atoms with E-state index in [1.807, 2.05) is 0 Å². The van der Waals surface area contributed by atoms with Crippen LogP contribution in [0.3, 0.4) is 0 Å². The van der Waals surface area contributed by atoms with Crippen molar-refractivity contribution in [3.63, 3.8) is 0 Å². The van der Waals surface area contributed by atoms with Crippen LogP contribution in [0, 0.1) is 0 Å². The number of amidine groups is 1. The van der Waals surface area contributed by atoms with Crippen molar-refractivity contribution in [3.8, 4) is 5.75 Å². The summed E-state index contributed by atoms with van der Waals surface area (Å²) in [6, 6.07) is 19.4. The van der Waals surface area contributed by atoms with Crippen LogP contribution in [0.1, 0.15) is 11.1 Å². The van der Waals surface area contributed by atoms with Gasteiger partial charge in [0.1, 0.15) is 11.6 Å². The number of para-hydroxylation sites is 2. The van der Waals surface area contributed by atoms with Crippen LogP contribution in [0.5, 0.6) is 5.75 Å². The normalized spacial score (nSPS) is 15.5. The van der Waals surface area contributed by atoms with Gasteiger partial charge >= 0.3 is 12.6 Å². The molecule has 0 saturated heterocycles. The number of carbonyl (C=O) groups excluding carboxylic acids is 2. The molecule has 9 nitrogen and oxygen atoms in total. The van der Waals surface area contributed by atoms with Gasteiger partial charge in [0.05, 0.1) is 10.6 Å². The molecule has 3 aromatic rings. The van der Waals surface area contributed by atoms with Gasteiger partial charge in [0, 0.05) is 12.0 Å². The fourth-order valence-electron chi connectivity index (χ4n) is 3.59. The lowest BCUT2D eigenvalue weighted by molar-refractivity contribution is -0.148. The zero-order valence-electron chi connectivity index (χ0n) is 19.1. The highest BCUT2D eigenvalue weighted by Gasteiger charge is 2.32. The Labute approximate surface area is 211 Å². The molecule has 0 bridgehead atoms. The lowest BCUT2D eigenvalue weighted by Crippen LogP contribution is -2.31. The minimum atomic E-state index is -3.83. The van der Waals surface area contributed by atoms with E-state index in [-0.39, 0.29) is 28.6 Å². The number of fused-ring (bicyclic) bond motifs is 1. The van der Waals surface area contributed by atoms with E-state index >= 15 is 0 Å². The standard InChI is InChI=1S/C25H21F2N3O6S/c26-25(27)36-20-12-6-5-11-18(20)28-22(31)15-35-24(32)19(14-16-8-2-1-3-9-16)29-23-17-10-4-7-13-21(17)37(33,34)30-23/h1-13,19,25H,14-15H2,(H,28,31)(H,29,30)/t19-/m0/s1. The van der Waals surface area contributed by atoms with Crippen molar-refractivity contribution >= 4 is 33.4 Å². The lowest BCUT2D eigenvalue weighted by atomic mass is 10.1. The number of halogens is 2. The van der Waals surface area contributed by atoms with Gasteiger partial charge in [-0.2, -0.15) is 8.78 Å². The van der Waals surface area contributed by atoms with Crippen LogP contribution < -0.4 is 14.8 Å². The molecule has 2 N–H and O–H groups in total. The second-order valence-corrected chi connectivity index (χ2v) is 9.47. The van der Waals surface area contributed by atoms with E-state index in [0.717, 1.165) is 5.56 Å². The molecule has 0 aliphatic carbocycles. The second kappa shape index (κ2) is 11.2. The highest BCUT2D eigenvalue weighted by Crippen LogP contribution is 2.26. The molecule has 1 amide bonds. The highest BCUT2D eigenvalue weighted by atomic mass is 32.2. The van der Waals surface area contributed by atoms with E-state index in [4.69, 9.17) is 4.74 Å². The largest absolute Gasteiger partial charge is 0.454 e. The minimum absolute atomic E-state index is 0.0176. The minimum Gasteiger partial charge on any atom is -0.454 e. The molecule has 192 valence electrons. The molecule has 0 aromatic heterocycles. The Bertz CT molecular complexity index is 1430. The van der Waals surface area contributed by atoms with Crippen LogP contribution in [-0.4, -0.2) is 45.4 Å². The van der Waals surface area contributed by atoms with Gasteiger partial charge < -0.3 is 14.8 Å². The summed E-state index contributed by atoms with van der Waals surface area (Å²) < 4.78 is 62.0. The number of nitrogens with one attached hydrogen (secondary N) is 2. The number of amides is 1. The fourth-order valence-corrected chi connectivity index (χ4v) is 4.83. The summed E-state index contributed by atoms with van der Waals surface area (Å²) in [5.74, 6) is -1.95. The van der Waals surface area contributed by atoms with Crippen molar-refractivity contribution in [1.29, 1.82) is 0 Å². The molecule has 1 aliphatic rings. The maximum atomic E-state index is 13.0. The number of benzene rings is 3. The molecule has 12 heteroatoms. The molecule has 1 aliphatic heterocycles. The third-order valence-electron chi connectivity index (χ3n) is 5.21. The third kappa shape index (κ3) is 6.47. The molecule has 37 heavy (non-hydrogen) atoms. The summed E-state index contributed by atoms with van der Waals surface area (Å²) in [6.45, 7) is -3.83. The number of nitrogens with zero attached hydrogens (tertiary/aromatic N) is 1. The first-order chi connectivity index (χ1) is 17.7.